The normalized spacial score (nSPS) is 34.9. The zero-order valence-electron chi connectivity index (χ0n) is 13.9. The minimum Gasteiger partial charge on any atom is -0.310 e. The molecule has 0 aromatic heterocycles. The number of nitrogens with one attached hydrogen (secondary N) is 1. The third-order valence-electron chi connectivity index (χ3n) is 5.42. The quantitative estimate of drug-likeness (QED) is 0.627. The van der Waals surface area contributed by atoms with Gasteiger partial charge in [-0.25, -0.2) is 0 Å². The molecule has 4 heteroatoms. The van der Waals surface area contributed by atoms with Gasteiger partial charge in [0.2, 0.25) is 0 Å². The number of piperidine rings is 1. The Bertz CT molecular complexity index is 574. The summed E-state index contributed by atoms with van der Waals surface area (Å²) in [7, 11) is 2.20. The van der Waals surface area contributed by atoms with E-state index in [-0.39, 0.29) is 10.8 Å². The number of alkyl halides is 2. The van der Waals surface area contributed by atoms with Gasteiger partial charge in [0, 0.05) is 36.0 Å². The van der Waals surface area contributed by atoms with Crippen molar-refractivity contribution in [1.29, 1.82) is 5.41 Å². The first kappa shape index (κ1) is 17.3. The van der Waals surface area contributed by atoms with Crippen LogP contribution >= 0.6 is 23.2 Å². The van der Waals surface area contributed by atoms with Crippen molar-refractivity contribution >= 4 is 28.9 Å². The van der Waals surface area contributed by atoms with E-state index >= 15 is 0 Å². The summed E-state index contributed by atoms with van der Waals surface area (Å²) in [4.78, 5) is 2.42. The SMILES string of the molecule is CC(=N)Cc1cccc(C2CN(C)CC3C2CC(Cl)C[C@@H]3Cl)c1. The second kappa shape index (κ2) is 7.13. The van der Waals surface area contributed by atoms with Crippen molar-refractivity contribution in [3.05, 3.63) is 35.4 Å². The zero-order chi connectivity index (χ0) is 16.6. The number of likely N-dealkylation sites (tertiary alicyclic amines) is 1. The fourth-order valence-electron chi connectivity index (χ4n) is 4.46. The fourth-order valence-corrected chi connectivity index (χ4v) is 5.43. The molecule has 1 aromatic carbocycles. The van der Waals surface area contributed by atoms with Gasteiger partial charge in [0.25, 0.3) is 0 Å². The molecular weight excluding hydrogens is 327 g/mol. The summed E-state index contributed by atoms with van der Waals surface area (Å²) >= 11 is 13.2. The highest BCUT2D eigenvalue weighted by molar-refractivity contribution is 6.24. The molecule has 126 valence electrons. The Morgan fingerprint density at radius 3 is 2.74 bits per heavy atom. The molecule has 0 bridgehead atoms. The molecule has 3 rings (SSSR count). The lowest BCUT2D eigenvalue weighted by molar-refractivity contribution is 0.0864. The minimum absolute atomic E-state index is 0.188. The van der Waals surface area contributed by atoms with Gasteiger partial charge in [0.15, 0.2) is 0 Å². The van der Waals surface area contributed by atoms with E-state index in [4.69, 9.17) is 28.6 Å². The Balaban J connectivity index is 1.88. The highest BCUT2D eigenvalue weighted by Gasteiger charge is 2.44. The minimum atomic E-state index is 0.188. The van der Waals surface area contributed by atoms with Crippen molar-refractivity contribution in [1.82, 2.24) is 4.90 Å². The van der Waals surface area contributed by atoms with Crippen LogP contribution in [-0.2, 0) is 6.42 Å². The standard InChI is InChI=1S/C19H26Cl2N2/c1-12(22)6-13-4-3-5-14(7-13)17-10-23(2)11-18-16(17)8-15(20)9-19(18)21/h3-5,7,15-19,22H,6,8-11H2,1-2H3/t15?,16?,17?,18?,19-/m0/s1. The first-order chi connectivity index (χ1) is 10.9. The predicted octanol–water partition coefficient (Wildman–Crippen LogP) is 4.54. The van der Waals surface area contributed by atoms with Crippen LogP contribution in [0.25, 0.3) is 0 Å². The molecule has 2 aliphatic rings. The van der Waals surface area contributed by atoms with Crippen LogP contribution in [0.2, 0.25) is 0 Å². The molecule has 2 fully saturated rings. The highest BCUT2D eigenvalue weighted by Crippen LogP contribution is 2.46. The van der Waals surface area contributed by atoms with E-state index in [0.29, 0.717) is 23.5 Å². The van der Waals surface area contributed by atoms with Crippen molar-refractivity contribution in [2.75, 3.05) is 20.1 Å². The maximum Gasteiger partial charge on any atom is 0.0393 e. The number of benzene rings is 1. The second-order valence-corrected chi connectivity index (χ2v) is 8.62. The van der Waals surface area contributed by atoms with E-state index in [1.807, 2.05) is 6.92 Å². The van der Waals surface area contributed by atoms with Crippen molar-refractivity contribution in [2.45, 2.75) is 42.9 Å². The molecule has 0 amide bonds. The summed E-state index contributed by atoms with van der Waals surface area (Å²) in [6, 6.07) is 8.79. The number of fused-ring (bicyclic) bond motifs is 1. The van der Waals surface area contributed by atoms with Crippen molar-refractivity contribution in [3.8, 4) is 0 Å². The van der Waals surface area contributed by atoms with E-state index in [1.54, 1.807) is 0 Å². The van der Waals surface area contributed by atoms with Crippen LogP contribution in [0, 0.1) is 17.2 Å². The molecule has 1 saturated carbocycles. The van der Waals surface area contributed by atoms with Gasteiger partial charge in [-0.1, -0.05) is 24.3 Å². The van der Waals surface area contributed by atoms with Gasteiger partial charge in [0.05, 0.1) is 0 Å². The van der Waals surface area contributed by atoms with Crippen molar-refractivity contribution in [3.63, 3.8) is 0 Å². The number of nitrogens with zero attached hydrogens (tertiary/aromatic N) is 1. The maximum absolute atomic E-state index is 7.74. The lowest BCUT2D eigenvalue weighted by atomic mass is 9.67. The molecule has 1 N–H and O–H groups in total. The van der Waals surface area contributed by atoms with Gasteiger partial charge in [-0.05, 0) is 55.7 Å². The number of hydrogen-bond donors (Lipinski definition) is 1. The number of halogens is 2. The lowest BCUT2D eigenvalue weighted by Crippen LogP contribution is -2.50. The van der Waals surface area contributed by atoms with Gasteiger partial charge in [-0.2, -0.15) is 0 Å². The molecule has 1 aromatic rings. The Hall–Kier alpha value is -0.570. The Labute approximate surface area is 149 Å². The van der Waals surface area contributed by atoms with Gasteiger partial charge >= 0.3 is 0 Å². The van der Waals surface area contributed by atoms with Gasteiger partial charge in [-0.15, -0.1) is 23.2 Å². The largest absolute Gasteiger partial charge is 0.310 e. The van der Waals surface area contributed by atoms with E-state index in [0.717, 1.165) is 32.4 Å². The summed E-state index contributed by atoms with van der Waals surface area (Å²) in [5, 5.41) is 8.13. The number of rotatable bonds is 3. The van der Waals surface area contributed by atoms with Crippen LogP contribution in [0.4, 0.5) is 0 Å². The predicted molar refractivity (Wildman–Crippen MR) is 99.3 cm³/mol. The summed E-state index contributed by atoms with van der Waals surface area (Å²) in [6.45, 7) is 4.02. The second-order valence-electron chi connectivity index (χ2n) is 7.44. The molecule has 1 saturated heterocycles. The zero-order valence-corrected chi connectivity index (χ0v) is 15.4. The summed E-state index contributed by atoms with van der Waals surface area (Å²) in [5.74, 6) is 1.59. The lowest BCUT2D eigenvalue weighted by Gasteiger charge is -2.48. The fraction of sp³-hybridized carbons (Fsp3) is 0.632. The molecule has 0 radical (unpaired) electrons. The maximum atomic E-state index is 7.74. The van der Waals surface area contributed by atoms with Crippen molar-refractivity contribution < 1.29 is 0 Å². The molecule has 1 aliphatic heterocycles. The smallest absolute Gasteiger partial charge is 0.0393 e. The summed E-state index contributed by atoms with van der Waals surface area (Å²) in [6.07, 6.45) is 2.74. The van der Waals surface area contributed by atoms with Crippen LogP contribution in [0.5, 0.6) is 0 Å². The summed E-state index contributed by atoms with van der Waals surface area (Å²) in [5.41, 5.74) is 3.33. The monoisotopic (exact) mass is 352 g/mol. The van der Waals surface area contributed by atoms with Crippen LogP contribution in [-0.4, -0.2) is 41.5 Å². The average Bonchev–Trinajstić information content (AvgIpc) is 2.47. The first-order valence-corrected chi connectivity index (χ1v) is 9.41. The Kier molecular flexibility index (Phi) is 5.35. The molecule has 1 aliphatic carbocycles. The molecule has 4 unspecified atom stereocenters. The highest BCUT2D eigenvalue weighted by atomic mass is 35.5. The van der Waals surface area contributed by atoms with E-state index < -0.39 is 0 Å². The summed E-state index contributed by atoms with van der Waals surface area (Å²) < 4.78 is 0. The van der Waals surface area contributed by atoms with E-state index in [9.17, 15) is 0 Å². The molecule has 1 heterocycles. The molecule has 5 atom stereocenters. The molecule has 23 heavy (non-hydrogen) atoms. The van der Waals surface area contributed by atoms with Crippen LogP contribution in [0.1, 0.15) is 36.8 Å². The number of hydrogen-bond acceptors (Lipinski definition) is 2. The van der Waals surface area contributed by atoms with Crippen LogP contribution < -0.4 is 0 Å². The van der Waals surface area contributed by atoms with Crippen LogP contribution in [0.3, 0.4) is 0 Å². The molecule has 0 spiro atoms. The van der Waals surface area contributed by atoms with Gasteiger partial charge in [0.1, 0.15) is 0 Å². The third kappa shape index (κ3) is 3.92. The molecular formula is C19H26Cl2N2. The Morgan fingerprint density at radius 2 is 2.00 bits per heavy atom. The van der Waals surface area contributed by atoms with Crippen molar-refractivity contribution in [2.24, 2.45) is 11.8 Å². The van der Waals surface area contributed by atoms with Gasteiger partial charge < -0.3 is 10.3 Å². The van der Waals surface area contributed by atoms with Gasteiger partial charge in [-0.3, -0.25) is 0 Å². The van der Waals surface area contributed by atoms with Crippen LogP contribution in [0.15, 0.2) is 24.3 Å². The third-order valence-corrected chi connectivity index (χ3v) is 6.28. The van der Waals surface area contributed by atoms with E-state index in [2.05, 4.69) is 36.2 Å². The van der Waals surface area contributed by atoms with E-state index in [1.165, 1.54) is 11.1 Å². The average molecular weight is 353 g/mol. The number of likely N-dealkylation sites (N-methyl/N-ethyl adjacent to an activating group) is 1. The topological polar surface area (TPSA) is 27.1 Å². The first-order valence-electron chi connectivity index (χ1n) is 8.53. The Morgan fingerprint density at radius 1 is 1.22 bits per heavy atom. The molecule has 2 nitrogen and oxygen atoms in total.